The third-order valence-corrected chi connectivity index (χ3v) is 8.19. The van der Waals surface area contributed by atoms with Crippen LogP contribution in [-0.2, 0) is 0 Å². The number of nitrogens with zero attached hydrogens (tertiary/aromatic N) is 4. The lowest BCUT2D eigenvalue weighted by Crippen LogP contribution is -2.37. The number of aromatic nitrogens is 1. The van der Waals surface area contributed by atoms with E-state index in [1.165, 1.54) is 18.2 Å². The molecule has 3 heterocycles. The highest BCUT2D eigenvalue weighted by Crippen LogP contribution is 2.39. The van der Waals surface area contributed by atoms with Crippen molar-refractivity contribution >= 4 is 39.3 Å². The van der Waals surface area contributed by atoms with Gasteiger partial charge in [-0.3, -0.25) is 14.9 Å². The van der Waals surface area contributed by atoms with Gasteiger partial charge in [0.05, 0.1) is 28.3 Å². The molecule has 4 rings (SSSR count). The Morgan fingerprint density at radius 1 is 1.18 bits per heavy atom. The lowest BCUT2D eigenvalue weighted by molar-refractivity contribution is -0.381. The van der Waals surface area contributed by atoms with Crippen molar-refractivity contribution in [1.82, 2.24) is 9.88 Å². The summed E-state index contributed by atoms with van der Waals surface area (Å²) in [5.41, 5.74) is 3.58. The maximum atomic E-state index is 13.0. The Bertz CT molecular complexity index is 1150. The molecule has 0 saturated carbocycles. The molecule has 0 unspecified atom stereocenters. The highest BCUT2D eigenvalue weighted by Gasteiger charge is 2.32. The van der Waals surface area contributed by atoms with Gasteiger partial charge >= 0.3 is 5.00 Å². The monoisotopic (exact) mass is 500 g/mol. The summed E-state index contributed by atoms with van der Waals surface area (Å²) in [5.74, 6) is 0.142. The van der Waals surface area contributed by atoms with Crippen LogP contribution in [-0.4, -0.2) is 54.0 Å². The smallest absolute Gasteiger partial charge is 0.366 e. The number of hydrogen-bond donors (Lipinski definition) is 0. The van der Waals surface area contributed by atoms with Gasteiger partial charge in [-0.15, -0.1) is 11.3 Å². The lowest BCUT2D eigenvalue weighted by atomic mass is 9.97. The predicted octanol–water partition coefficient (Wildman–Crippen LogP) is 5.65. The van der Waals surface area contributed by atoms with Crippen molar-refractivity contribution in [3.05, 3.63) is 55.7 Å². The molecule has 1 amide bonds. The predicted molar refractivity (Wildman–Crippen MR) is 137 cm³/mol. The number of ether oxygens (including phenoxy) is 1. The molecule has 10 heteroatoms. The second kappa shape index (κ2) is 10.5. The molecule has 8 nitrogen and oxygen atoms in total. The van der Waals surface area contributed by atoms with Crippen LogP contribution < -0.4 is 9.64 Å². The van der Waals surface area contributed by atoms with Crippen LogP contribution in [0.5, 0.6) is 5.75 Å². The zero-order chi connectivity index (χ0) is 24.2. The molecule has 0 radical (unpaired) electrons. The number of methoxy groups -OCH3 is 1. The van der Waals surface area contributed by atoms with Crippen LogP contribution in [0.15, 0.2) is 35.0 Å². The zero-order valence-corrected chi connectivity index (χ0v) is 21.2. The average Bonchev–Trinajstić information content (AvgIpc) is 3.53. The van der Waals surface area contributed by atoms with Gasteiger partial charge in [0.1, 0.15) is 0 Å². The molecule has 0 N–H and O–H groups in total. The first-order valence-corrected chi connectivity index (χ1v) is 13.1. The number of amides is 1. The van der Waals surface area contributed by atoms with Crippen molar-refractivity contribution in [2.24, 2.45) is 0 Å². The SMILES string of the molecule is CCN(CC)c1ccc(-c2csc(C3CCN(C(=O)c4csc([N+](=O)[O-])c4OC)CC3)n2)cc1. The van der Waals surface area contributed by atoms with Gasteiger partial charge in [-0.25, -0.2) is 4.98 Å². The third kappa shape index (κ3) is 4.78. The fourth-order valence-corrected chi connectivity index (χ4v) is 6.17. The lowest BCUT2D eigenvalue weighted by Gasteiger charge is -2.31. The third-order valence-electron chi connectivity index (χ3n) is 6.27. The zero-order valence-electron chi connectivity index (χ0n) is 19.5. The van der Waals surface area contributed by atoms with E-state index in [1.807, 2.05) is 0 Å². The molecule has 1 aromatic carbocycles. The van der Waals surface area contributed by atoms with Gasteiger partial charge in [0.25, 0.3) is 5.91 Å². The molecule has 1 aliphatic heterocycles. The molecule has 0 spiro atoms. The van der Waals surface area contributed by atoms with Gasteiger partial charge < -0.3 is 14.5 Å². The molecule has 0 atom stereocenters. The first-order chi connectivity index (χ1) is 16.5. The maximum Gasteiger partial charge on any atom is 0.366 e. The molecule has 34 heavy (non-hydrogen) atoms. The number of thiazole rings is 1. The summed E-state index contributed by atoms with van der Waals surface area (Å²) in [6.45, 7) is 7.45. The number of rotatable bonds is 8. The van der Waals surface area contributed by atoms with E-state index in [0.717, 1.165) is 53.5 Å². The van der Waals surface area contributed by atoms with E-state index in [1.54, 1.807) is 16.2 Å². The normalized spacial score (nSPS) is 14.3. The summed E-state index contributed by atoms with van der Waals surface area (Å²) in [6.07, 6.45) is 1.63. The number of anilines is 1. The topological polar surface area (TPSA) is 88.8 Å². The number of piperidine rings is 1. The van der Waals surface area contributed by atoms with E-state index < -0.39 is 4.92 Å². The van der Waals surface area contributed by atoms with Crippen LogP contribution in [0.3, 0.4) is 0 Å². The van der Waals surface area contributed by atoms with Crippen molar-refractivity contribution in [2.45, 2.75) is 32.6 Å². The van der Waals surface area contributed by atoms with Gasteiger partial charge in [-0.1, -0.05) is 23.5 Å². The summed E-state index contributed by atoms with van der Waals surface area (Å²) in [5, 5.41) is 15.8. The van der Waals surface area contributed by atoms with Crippen LogP contribution in [0.25, 0.3) is 11.3 Å². The van der Waals surface area contributed by atoms with Crippen molar-refractivity contribution in [1.29, 1.82) is 0 Å². The minimum absolute atomic E-state index is 0.0544. The summed E-state index contributed by atoms with van der Waals surface area (Å²) < 4.78 is 5.17. The molecule has 180 valence electrons. The van der Waals surface area contributed by atoms with Crippen LogP contribution in [0.2, 0.25) is 0 Å². The minimum atomic E-state index is -0.510. The number of nitro groups is 1. The second-order valence-corrected chi connectivity index (χ2v) is 9.85. The Labute approximate surface area is 207 Å². The summed E-state index contributed by atoms with van der Waals surface area (Å²) in [4.78, 5) is 32.6. The van der Waals surface area contributed by atoms with Gasteiger partial charge in [-0.05, 0) is 38.8 Å². The fourth-order valence-electron chi connectivity index (χ4n) is 4.35. The Balaban J connectivity index is 1.40. The molecule has 2 aromatic heterocycles. The largest absolute Gasteiger partial charge is 0.489 e. The first kappa shape index (κ1) is 24.2. The number of carbonyl (C=O) groups is 1. The Kier molecular flexibility index (Phi) is 7.47. The van der Waals surface area contributed by atoms with Crippen molar-refractivity contribution in [2.75, 3.05) is 38.2 Å². The van der Waals surface area contributed by atoms with Crippen LogP contribution in [0.4, 0.5) is 10.7 Å². The quantitative estimate of drug-likeness (QED) is 0.293. The second-order valence-electron chi connectivity index (χ2n) is 8.10. The molecule has 1 fully saturated rings. The Hall–Kier alpha value is -2.98. The minimum Gasteiger partial charge on any atom is -0.489 e. The maximum absolute atomic E-state index is 13.0. The standard InChI is InChI=1S/C24H28N4O4S2/c1-4-26(5-2)18-8-6-16(7-9-18)20-15-33-22(25-20)17-10-12-27(13-11-17)23(29)19-14-34-24(28(30)31)21(19)32-3/h6-9,14-15,17H,4-5,10-13H2,1-3H3. The molecular formula is C24H28N4O4S2. The highest BCUT2D eigenvalue weighted by molar-refractivity contribution is 7.14. The molecule has 1 saturated heterocycles. The highest BCUT2D eigenvalue weighted by atomic mass is 32.1. The van der Waals surface area contributed by atoms with E-state index >= 15 is 0 Å². The molecule has 0 bridgehead atoms. The number of hydrogen-bond acceptors (Lipinski definition) is 8. The van der Waals surface area contributed by atoms with E-state index in [-0.39, 0.29) is 22.2 Å². The number of benzene rings is 1. The van der Waals surface area contributed by atoms with Gasteiger partial charge in [-0.2, -0.15) is 0 Å². The number of likely N-dealkylation sites (tertiary alicyclic amines) is 1. The van der Waals surface area contributed by atoms with Crippen LogP contribution in [0, 0.1) is 10.1 Å². The van der Waals surface area contributed by atoms with E-state index in [2.05, 4.69) is 48.4 Å². The molecule has 1 aliphatic rings. The average molecular weight is 501 g/mol. The summed E-state index contributed by atoms with van der Waals surface area (Å²) in [6, 6.07) is 8.55. The molecule has 0 aliphatic carbocycles. The van der Waals surface area contributed by atoms with Crippen molar-refractivity contribution < 1.29 is 14.5 Å². The summed E-state index contributed by atoms with van der Waals surface area (Å²) in [7, 11) is 1.36. The fraction of sp³-hybridized carbons (Fsp3) is 0.417. The Morgan fingerprint density at radius 3 is 2.44 bits per heavy atom. The van der Waals surface area contributed by atoms with E-state index in [4.69, 9.17) is 9.72 Å². The Morgan fingerprint density at radius 2 is 1.85 bits per heavy atom. The van der Waals surface area contributed by atoms with Gasteiger partial charge in [0.2, 0.25) is 5.75 Å². The van der Waals surface area contributed by atoms with Gasteiger partial charge in [0, 0.05) is 54.1 Å². The van der Waals surface area contributed by atoms with Crippen molar-refractivity contribution in [3.8, 4) is 17.0 Å². The number of thiophene rings is 1. The van der Waals surface area contributed by atoms with Gasteiger partial charge in [0.15, 0.2) is 0 Å². The van der Waals surface area contributed by atoms with E-state index in [9.17, 15) is 14.9 Å². The summed E-state index contributed by atoms with van der Waals surface area (Å²) >= 11 is 2.59. The first-order valence-electron chi connectivity index (χ1n) is 11.4. The van der Waals surface area contributed by atoms with Crippen molar-refractivity contribution in [3.63, 3.8) is 0 Å². The molecular weight excluding hydrogens is 472 g/mol. The number of carbonyl (C=O) groups excluding carboxylic acids is 1. The molecule has 3 aromatic rings. The van der Waals surface area contributed by atoms with Crippen LogP contribution >= 0.6 is 22.7 Å². The van der Waals surface area contributed by atoms with Crippen LogP contribution in [0.1, 0.15) is 48.0 Å². The van der Waals surface area contributed by atoms with E-state index in [0.29, 0.717) is 19.0 Å².